The first kappa shape index (κ1) is 13.0. The fourth-order valence-corrected chi connectivity index (χ4v) is 1.64. The van der Waals surface area contributed by atoms with Crippen molar-refractivity contribution >= 4 is 5.91 Å². The van der Waals surface area contributed by atoms with Crippen LogP contribution < -0.4 is 10.5 Å². The first-order valence-corrected chi connectivity index (χ1v) is 5.76. The lowest BCUT2D eigenvalue weighted by Gasteiger charge is -2.11. The molecule has 5 nitrogen and oxygen atoms in total. The highest BCUT2D eigenvalue weighted by Crippen LogP contribution is 2.26. The molecule has 19 heavy (non-hydrogen) atoms. The summed E-state index contributed by atoms with van der Waals surface area (Å²) in [4.78, 5) is 15.5. The van der Waals surface area contributed by atoms with Gasteiger partial charge in [0.25, 0.3) is 5.91 Å². The molecule has 0 unspecified atom stereocenters. The molecule has 0 aliphatic rings. The van der Waals surface area contributed by atoms with Crippen molar-refractivity contribution < 1.29 is 14.6 Å². The van der Waals surface area contributed by atoms with Crippen molar-refractivity contribution in [2.24, 2.45) is 5.73 Å². The number of primary amides is 1. The first-order chi connectivity index (χ1) is 9.11. The summed E-state index contributed by atoms with van der Waals surface area (Å²) in [7, 11) is 0. The van der Waals surface area contributed by atoms with Gasteiger partial charge in [0.05, 0.1) is 6.61 Å². The minimum absolute atomic E-state index is 0.147. The van der Waals surface area contributed by atoms with E-state index in [4.69, 9.17) is 10.5 Å². The van der Waals surface area contributed by atoms with Gasteiger partial charge in [-0.2, -0.15) is 0 Å². The van der Waals surface area contributed by atoms with Crippen LogP contribution in [0, 0.1) is 6.92 Å². The molecule has 0 aliphatic carbocycles. The minimum atomic E-state index is -0.607. The molecule has 0 fully saturated rings. The van der Waals surface area contributed by atoms with Crippen LogP contribution in [-0.2, 0) is 6.61 Å². The van der Waals surface area contributed by atoms with Gasteiger partial charge in [-0.15, -0.1) is 0 Å². The monoisotopic (exact) mass is 258 g/mol. The number of aromatic nitrogens is 1. The Balaban J connectivity index is 2.42. The van der Waals surface area contributed by atoms with E-state index >= 15 is 0 Å². The van der Waals surface area contributed by atoms with Crippen LogP contribution in [0.25, 0.3) is 0 Å². The van der Waals surface area contributed by atoms with Crippen molar-refractivity contribution in [2.75, 3.05) is 0 Å². The second-order valence-corrected chi connectivity index (χ2v) is 4.04. The van der Waals surface area contributed by atoms with Crippen LogP contribution in [0.5, 0.6) is 11.6 Å². The fourth-order valence-electron chi connectivity index (χ4n) is 1.64. The lowest BCUT2D eigenvalue weighted by molar-refractivity contribution is 0.0997. The number of hydrogen-bond acceptors (Lipinski definition) is 4. The van der Waals surface area contributed by atoms with E-state index in [2.05, 4.69) is 4.98 Å². The molecule has 0 atom stereocenters. The van der Waals surface area contributed by atoms with E-state index in [1.54, 1.807) is 43.3 Å². The quantitative estimate of drug-likeness (QED) is 0.875. The number of amides is 1. The van der Waals surface area contributed by atoms with Gasteiger partial charge in [0.1, 0.15) is 11.3 Å². The van der Waals surface area contributed by atoms with Crippen LogP contribution >= 0.6 is 0 Å². The van der Waals surface area contributed by atoms with Gasteiger partial charge in [0.2, 0.25) is 5.88 Å². The van der Waals surface area contributed by atoms with Crippen LogP contribution in [0.3, 0.4) is 0 Å². The molecule has 1 aromatic heterocycles. The number of carbonyl (C=O) groups excluding carboxylic acids is 1. The predicted octanol–water partition coefficient (Wildman–Crippen LogP) is 1.77. The maximum atomic E-state index is 11.3. The van der Waals surface area contributed by atoms with E-state index in [0.29, 0.717) is 17.0 Å². The molecule has 5 heteroatoms. The molecule has 1 aromatic carbocycles. The second kappa shape index (κ2) is 5.49. The summed E-state index contributed by atoms with van der Waals surface area (Å²) >= 11 is 0. The van der Waals surface area contributed by atoms with Crippen LogP contribution in [0.15, 0.2) is 36.4 Å². The van der Waals surface area contributed by atoms with Crippen molar-refractivity contribution in [3.8, 4) is 11.6 Å². The molecule has 0 radical (unpaired) electrons. The highest BCUT2D eigenvalue weighted by atomic mass is 16.5. The molecular formula is C14H14N2O3. The predicted molar refractivity (Wildman–Crippen MR) is 69.9 cm³/mol. The van der Waals surface area contributed by atoms with Gasteiger partial charge in [-0.3, -0.25) is 4.79 Å². The molecule has 0 saturated carbocycles. The Labute approximate surface area is 110 Å². The number of carbonyl (C=O) groups is 1. The van der Waals surface area contributed by atoms with Gasteiger partial charge < -0.3 is 15.6 Å². The Morgan fingerprint density at radius 3 is 2.74 bits per heavy atom. The largest absolute Gasteiger partial charge is 0.438 e. The number of ether oxygens (including phenoxy) is 1. The zero-order valence-corrected chi connectivity index (χ0v) is 10.5. The molecular weight excluding hydrogens is 244 g/mol. The average molecular weight is 258 g/mol. The Morgan fingerprint density at radius 1 is 1.32 bits per heavy atom. The van der Waals surface area contributed by atoms with Crippen LogP contribution in [0.4, 0.5) is 0 Å². The Morgan fingerprint density at radius 2 is 2.05 bits per heavy atom. The zero-order chi connectivity index (χ0) is 13.8. The van der Waals surface area contributed by atoms with E-state index in [9.17, 15) is 9.90 Å². The second-order valence-electron chi connectivity index (χ2n) is 4.04. The molecule has 0 aliphatic heterocycles. The van der Waals surface area contributed by atoms with Crippen molar-refractivity contribution in [1.82, 2.24) is 4.98 Å². The average Bonchev–Trinajstić information content (AvgIpc) is 2.39. The molecule has 0 bridgehead atoms. The van der Waals surface area contributed by atoms with Gasteiger partial charge >= 0.3 is 0 Å². The number of aliphatic hydroxyl groups is 1. The smallest absolute Gasteiger partial charge is 0.254 e. The summed E-state index contributed by atoms with van der Waals surface area (Å²) < 4.78 is 5.60. The summed E-state index contributed by atoms with van der Waals surface area (Å²) in [5.41, 5.74) is 6.81. The summed E-state index contributed by atoms with van der Waals surface area (Å²) in [6.45, 7) is 1.63. The number of benzene rings is 1. The van der Waals surface area contributed by atoms with E-state index < -0.39 is 5.91 Å². The Hall–Kier alpha value is -2.40. The Bertz CT molecular complexity index is 611. The van der Waals surface area contributed by atoms with Crippen molar-refractivity contribution in [1.29, 1.82) is 0 Å². The summed E-state index contributed by atoms with van der Waals surface area (Å²) in [6.07, 6.45) is 0. The molecule has 1 heterocycles. The zero-order valence-electron chi connectivity index (χ0n) is 10.5. The van der Waals surface area contributed by atoms with Crippen molar-refractivity contribution in [3.63, 3.8) is 0 Å². The van der Waals surface area contributed by atoms with E-state index in [1.807, 2.05) is 0 Å². The number of para-hydroxylation sites is 1. The number of hydrogen-bond donors (Lipinski definition) is 2. The van der Waals surface area contributed by atoms with E-state index in [-0.39, 0.29) is 18.1 Å². The maximum Gasteiger partial charge on any atom is 0.254 e. The maximum absolute atomic E-state index is 11.3. The molecule has 3 N–H and O–H groups in total. The molecule has 2 rings (SSSR count). The standard InChI is InChI=1S/C14H14N2O3/c1-9-6-7-11(13(15)18)14(16-9)19-12-5-3-2-4-10(12)8-17/h2-7,17H,8H2,1H3,(H2,15,18). The van der Waals surface area contributed by atoms with Gasteiger partial charge in [-0.05, 0) is 25.1 Å². The molecule has 98 valence electrons. The third kappa shape index (κ3) is 2.89. The number of nitrogens with zero attached hydrogens (tertiary/aromatic N) is 1. The lowest BCUT2D eigenvalue weighted by Crippen LogP contribution is -2.13. The fraction of sp³-hybridized carbons (Fsp3) is 0.143. The number of nitrogens with two attached hydrogens (primary N) is 1. The topological polar surface area (TPSA) is 85.4 Å². The third-order valence-electron chi connectivity index (χ3n) is 2.61. The van der Waals surface area contributed by atoms with Crippen molar-refractivity contribution in [2.45, 2.75) is 13.5 Å². The number of rotatable bonds is 4. The van der Waals surface area contributed by atoms with Gasteiger partial charge in [0, 0.05) is 11.3 Å². The number of aryl methyl sites for hydroxylation is 1. The van der Waals surface area contributed by atoms with E-state index in [1.165, 1.54) is 0 Å². The lowest BCUT2D eigenvalue weighted by atomic mass is 10.2. The molecule has 0 spiro atoms. The molecule has 0 saturated heterocycles. The normalized spacial score (nSPS) is 10.2. The minimum Gasteiger partial charge on any atom is -0.438 e. The van der Waals surface area contributed by atoms with Crippen LogP contribution in [0.2, 0.25) is 0 Å². The van der Waals surface area contributed by atoms with Crippen molar-refractivity contribution in [3.05, 3.63) is 53.2 Å². The van der Waals surface area contributed by atoms with Gasteiger partial charge in [0.15, 0.2) is 0 Å². The summed E-state index contributed by atoms with van der Waals surface area (Å²) in [5.74, 6) is -0.0111. The summed E-state index contributed by atoms with van der Waals surface area (Å²) in [6, 6.07) is 10.2. The molecule has 1 amide bonds. The third-order valence-corrected chi connectivity index (χ3v) is 2.61. The van der Waals surface area contributed by atoms with Gasteiger partial charge in [-0.1, -0.05) is 18.2 Å². The van der Waals surface area contributed by atoms with E-state index in [0.717, 1.165) is 0 Å². The van der Waals surface area contributed by atoms with Gasteiger partial charge in [-0.25, -0.2) is 4.98 Å². The SMILES string of the molecule is Cc1ccc(C(N)=O)c(Oc2ccccc2CO)n1. The summed E-state index contributed by atoms with van der Waals surface area (Å²) in [5, 5.41) is 9.24. The number of aliphatic hydroxyl groups excluding tert-OH is 1. The van der Waals surface area contributed by atoms with Crippen LogP contribution in [-0.4, -0.2) is 16.0 Å². The Kier molecular flexibility index (Phi) is 3.77. The first-order valence-electron chi connectivity index (χ1n) is 5.76. The highest BCUT2D eigenvalue weighted by molar-refractivity contribution is 5.95. The highest BCUT2D eigenvalue weighted by Gasteiger charge is 2.13. The molecule has 2 aromatic rings. The van der Waals surface area contributed by atoms with Crippen LogP contribution in [0.1, 0.15) is 21.6 Å². The number of pyridine rings is 1.